The van der Waals surface area contributed by atoms with Gasteiger partial charge in [0.25, 0.3) is 0 Å². The summed E-state index contributed by atoms with van der Waals surface area (Å²) in [6, 6.07) is 20.3. The van der Waals surface area contributed by atoms with Gasteiger partial charge in [-0.2, -0.15) is 0 Å². The molecule has 0 N–H and O–H groups in total. The minimum Gasteiger partial charge on any atom is -0.465 e. The number of aryl methyl sites for hydroxylation is 1. The smallest absolute Gasteiger partial charge is 0.311 e. The minimum atomic E-state index is -0.452. The standard InChI is InChI=1S/C20H24O2/c1-20(2,15-13-17-9-5-3-6-10-17)19(21)22-16-14-18-11-7-4-8-12-18/h3-12H,13-16H2,1-2H3. The summed E-state index contributed by atoms with van der Waals surface area (Å²) in [5, 5.41) is 0. The Balaban J connectivity index is 1.77. The molecule has 0 bridgehead atoms. The van der Waals surface area contributed by atoms with Gasteiger partial charge in [-0.05, 0) is 37.8 Å². The molecule has 0 unspecified atom stereocenters. The maximum atomic E-state index is 12.3. The van der Waals surface area contributed by atoms with Crippen LogP contribution in [0.15, 0.2) is 60.7 Å². The van der Waals surface area contributed by atoms with E-state index in [2.05, 4.69) is 12.1 Å². The van der Waals surface area contributed by atoms with E-state index in [-0.39, 0.29) is 5.97 Å². The second kappa shape index (κ2) is 7.79. The fraction of sp³-hybridized carbons (Fsp3) is 0.350. The maximum Gasteiger partial charge on any atom is 0.311 e. The van der Waals surface area contributed by atoms with Crippen LogP contribution in [0.4, 0.5) is 0 Å². The van der Waals surface area contributed by atoms with Crippen LogP contribution < -0.4 is 0 Å². The van der Waals surface area contributed by atoms with E-state index in [1.165, 1.54) is 11.1 Å². The molecule has 22 heavy (non-hydrogen) atoms. The van der Waals surface area contributed by atoms with E-state index in [0.29, 0.717) is 6.61 Å². The molecule has 0 amide bonds. The molecule has 0 fully saturated rings. The highest BCUT2D eigenvalue weighted by Gasteiger charge is 2.28. The first-order valence-corrected chi connectivity index (χ1v) is 7.83. The van der Waals surface area contributed by atoms with Crippen LogP contribution in [0, 0.1) is 5.41 Å². The Morgan fingerprint density at radius 1 is 0.864 bits per heavy atom. The van der Waals surface area contributed by atoms with Crippen LogP contribution in [0.2, 0.25) is 0 Å². The Morgan fingerprint density at radius 2 is 1.36 bits per heavy atom. The van der Waals surface area contributed by atoms with E-state index in [1.54, 1.807) is 0 Å². The van der Waals surface area contributed by atoms with Gasteiger partial charge in [0.15, 0.2) is 0 Å². The first-order valence-electron chi connectivity index (χ1n) is 7.83. The number of carbonyl (C=O) groups is 1. The Kier molecular flexibility index (Phi) is 5.76. The van der Waals surface area contributed by atoms with Crippen molar-refractivity contribution in [2.75, 3.05) is 6.61 Å². The molecule has 2 aromatic rings. The van der Waals surface area contributed by atoms with Crippen LogP contribution in [-0.2, 0) is 22.4 Å². The Bertz CT molecular complexity index is 573. The van der Waals surface area contributed by atoms with Crippen LogP contribution in [0.5, 0.6) is 0 Å². The molecule has 0 atom stereocenters. The van der Waals surface area contributed by atoms with Crippen molar-refractivity contribution in [3.8, 4) is 0 Å². The zero-order valence-corrected chi connectivity index (χ0v) is 13.4. The normalized spacial score (nSPS) is 11.2. The van der Waals surface area contributed by atoms with E-state index in [1.807, 2.05) is 62.4 Å². The summed E-state index contributed by atoms with van der Waals surface area (Å²) in [4.78, 5) is 12.3. The largest absolute Gasteiger partial charge is 0.465 e. The Labute approximate surface area is 133 Å². The van der Waals surface area contributed by atoms with Crippen LogP contribution in [-0.4, -0.2) is 12.6 Å². The highest BCUT2D eigenvalue weighted by atomic mass is 16.5. The molecule has 0 radical (unpaired) electrons. The summed E-state index contributed by atoms with van der Waals surface area (Å²) >= 11 is 0. The number of hydrogen-bond acceptors (Lipinski definition) is 2. The number of carbonyl (C=O) groups excluding carboxylic acids is 1. The van der Waals surface area contributed by atoms with Crippen molar-refractivity contribution in [1.29, 1.82) is 0 Å². The minimum absolute atomic E-state index is 0.112. The summed E-state index contributed by atoms with van der Waals surface area (Å²) < 4.78 is 5.46. The SMILES string of the molecule is CC(C)(CCc1ccccc1)C(=O)OCCc1ccccc1. The van der Waals surface area contributed by atoms with Crippen molar-refractivity contribution >= 4 is 5.97 Å². The summed E-state index contributed by atoms with van der Waals surface area (Å²) in [5.41, 5.74) is 2.00. The van der Waals surface area contributed by atoms with Crippen LogP contribution in [0.25, 0.3) is 0 Å². The molecular weight excluding hydrogens is 272 g/mol. The molecule has 0 aromatic heterocycles. The van der Waals surface area contributed by atoms with Gasteiger partial charge in [-0.25, -0.2) is 0 Å². The highest BCUT2D eigenvalue weighted by molar-refractivity contribution is 5.75. The van der Waals surface area contributed by atoms with Gasteiger partial charge in [-0.3, -0.25) is 4.79 Å². The molecule has 0 aliphatic rings. The summed E-state index contributed by atoms with van der Waals surface area (Å²) in [6.07, 6.45) is 2.45. The first-order chi connectivity index (χ1) is 10.6. The summed E-state index contributed by atoms with van der Waals surface area (Å²) in [6.45, 7) is 4.36. The van der Waals surface area contributed by atoms with Crippen LogP contribution >= 0.6 is 0 Å². The molecule has 2 rings (SSSR count). The number of ether oxygens (including phenoxy) is 1. The molecule has 2 heteroatoms. The second-order valence-electron chi connectivity index (χ2n) is 6.24. The Hall–Kier alpha value is -2.09. The highest BCUT2D eigenvalue weighted by Crippen LogP contribution is 2.24. The molecule has 116 valence electrons. The third-order valence-electron chi connectivity index (χ3n) is 3.90. The lowest BCUT2D eigenvalue weighted by molar-refractivity contribution is -0.154. The van der Waals surface area contributed by atoms with E-state index in [4.69, 9.17) is 4.74 Å². The van der Waals surface area contributed by atoms with Gasteiger partial charge in [0.05, 0.1) is 12.0 Å². The summed E-state index contributed by atoms with van der Waals surface area (Å²) in [7, 11) is 0. The number of esters is 1. The van der Waals surface area contributed by atoms with Gasteiger partial charge in [-0.1, -0.05) is 60.7 Å². The predicted octanol–water partition coefficient (Wildman–Crippen LogP) is 4.43. The lowest BCUT2D eigenvalue weighted by atomic mass is 9.86. The van der Waals surface area contributed by atoms with Crippen molar-refractivity contribution < 1.29 is 9.53 Å². The molecule has 2 aromatic carbocycles. The third-order valence-corrected chi connectivity index (χ3v) is 3.90. The van der Waals surface area contributed by atoms with Gasteiger partial charge >= 0.3 is 5.97 Å². The van der Waals surface area contributed by atoms with Crippen molar-refractivity contribution in [2.24, 2.45) is 5.41 Å². The van der Waals surface area contributed by atoms with Gasteiger partial charge in [0, 0.05) is 6.42 Å². The molecule has 0 saturated heterocycles. The average Bonchev–Trinajstić information content (AvgIpc) is 2.55. The van der Waals surface area contributed by atoms with Gasteiger partial charge < -0.3 is 4.74 Å². The van der Waals surface area contributed by atoms with Crippen molar-refractivity contribution in [3.63, 3.8) is 0 Å². The zero-order valence-electron chi connectivity index (χ0n) is 13.4. The van der Waals surface area contributed by atoms with E-state index < -0.39 is 5.41 Å². The maximum absolute atomic E-state index is 12.3. The molecule has 0 spiro atoms. The van der Waals surface area contributed by atoms with E-state index in [0.717, 1.165) is 19.3 Å². The molecule has 0 aliphatic carbocycles. The third kappa shape index (κ3) is 5.03. The summed E-state index contributed by atoms with van der Waals surface area (Å²) in [5.74, 6) is -0.112. The number of benzene rings is 2. The molecule has 0 aliphatic heterocycles. The zero-order chi connectivity index (χ0) is 15.8. The molecule has 0 saturated carbocycles. The van der Waals surface area contributed by atoms with Crippen LogP contribution in [0.3, 0.4) is 0 Å². The first kappa shape index (κ1) is 16.3. The van der Waals surface area contributed by atoms with Gasteiger partial charge in [0.1, 0.15) is 0 Å². The second-order valence-corrected chi connectivity index (χ2v) is 6.24. The lowest BCUT2D eigenvalue weighted by Gasteiger charge is -2.22. The number of rotatable bonds is 7. The van der Waals surface area contributed by atoms with Crippen molar-refractivity contribution in [3.05, 3.63) is 71.8 Å². The molecular formula is C20H24O2. The van der Waals surface area contributed by atoms with E-state index in [9.17, 15) is 4.79 Å². The van der Waals surface area contributed by atoms with Crippen molar-refractivity contribution in [2.45, 2.75) is 33.1 Å². The fourth-order valence-electron chi connectivity index (χ4n) is 2.31. The fourth-order valence-corrected chi connectivity index (χ4v) is 2.31. The van der Waals surface area contributed by atoms with Crippen molar-refractivity contribution in [1.82, 2.24) is 0 Å². The molecule has 2 nitrogen and oxygen atoms in total. The lowest BCUT2D eigenvalue weighted by Crippen LogP contribution is -2.28. The predicted molar refractivity (Wildman–Crippen MR) is 89.6 cm³/mol. The van der Waals surface area contributed by atoms with E-state index >= 15 is 0 Å². The van der Waals surface area contributed by atoms with Crippen LogP contribution in [0.1, 0.15) is 31.4 Å². The monoisotopic (exact) mass is 296 g/mol. The number of hydrogen-bond donors (Lipinski definition) is 0. The topological polar surface area (TPSA) is 26.3 Å². The average molecular weight is 296 g/mol. The van der Waals surface area contributed by atoms with Gasteiger partial charge in [-0.15, -0.1) is 0 Å². The Morgan fingerprint density at radius 3 is 1.91 bits per heavy atom. The molecule has 0 heterocycles. The van der Waals surface area contributed by atoms with Gasteiger partial charge in [0.2, 0.25) is 0 Å². The quantitative estimate of drug-likeness (QED) is 0.706.